The molecule has 168 valence electrons. The Bertz CT molecular complexity index is 1120. The highest BCUT2D eigenvalue weighted by atomic mass is 16.8. The number of aromatic amines is 1. The van der Waals surface area contributed by atoms with Crippen LogP contribution in [0.15, 0.2) is 57.7 Å². The molecule has 0 bridgehead atoms. The molecule has 0 atom stereocenters. The molecule has 1 N–H and O–H groups in total. The fourth-order valence-corrected chi connectivity index (χ4v) is 3.60. The van der Waals surface area contributed by atoms with Gasteiger partial charge in [-0.05, 0) is 23.8 Å². The summed E-state index contributed by atoms with van der Waals surface area (Å²) in [6.45, 7) is 3.31. The van der Waals surface area contributed by atoms with Crippen molar-refractivity contribution >= 4 is 23.0 Å². The van der Waals surface area contributed by atoms with Crippen LogP contribution in [0.25, 0.3) is 11.1 Å². The lowest BCUT2D eigenvalue weighted by molar-refractivity contribution is -0.145. The molecule has 4 rings (SSSR count). The van der Waals surface area contributed by atoms with Crippen LogP contribution in [-0.2, 0) is 16.0 Å². The lowest BCUT2D eigenvalue weighted by atomic mass is 10.1. The van der Waals surface area contributed by atoms with E-state index in [1.54, 1.807) is 23.3 Å². The maximum atomic E-state index is 12.5. The minimum atomic E-state index is -0.698. The summed E-state index contributed by atoms with van der Waals surface area (Å²) in [5.41, 5.74) is 2.56. The number of aromatic nitrogens is 1. The maximum Gasteiger partial charge on any atom is 0.527 e. The van der Waals surface area contributed by atoms with Crippen LogP contribution in [0.4, 0.5) is 4.79 Å². The van der Waals surface area contributed by atoms with Gasteiger partial charge in [0, 0.05) is 51.1 Å². The molecule has 1 aromatic heterocycles. The average molecular weight is 439 g/mol. The van der Waals surface area contributed by atoms with Crippen LogP contribution < -0.4 is 5.76 Å². The van der Waals surface area contributed by atoms with Crippen molar-refractivity contribution < 1.29 is 23.6 Å². The summed E-state index contributed by atoms with van der Waals surface area (Å²) < 4.78 is 10.2. The lowest BCUT2D eigenvalue weighted by Crippen LogP contribution is -2.47. The number of nitrogens with one attached hydrogen (secondary N) is 1. The number of hydrogen-bond acceptors (Lipinski definition) is 8. The molecular weight excluding hydrogens is 414 g/mol. The van der Waals surface area contributed by atoms with Gasteiger partial charge in [-0.15, -0.1) is 5.06 Å². The minimum absolute atomic E-state index is 0.0172. The van der Waals surface area contributed by atoms with Gasteiger partial charge in [0.25, 0.3) is 0 Å². The van der Waals surface area contributed by atoms with Crippen LogP contribution in [0.3, 0.4) is 0 Å². The molecule has 2 heterocycles. The Kier molecular flexibility index (Phi) is 6.98. The standard InChI is InChI=1S/C23H25N3O6/c27-20(18-6-7-19-21(16-18)31-22(28)24-19)8-10-25-11-13-26(14-12-25)32-23(29)30-15-9-17-4-2-1-3-5-17/h1-7,16H,8-15H2,(H,24,28). The first kappa shape index (κ1) is 21.8. The third kappa shape index (κ3) is 5.83. The van der Waals surface area contributed by atoms with E-state index in [0.717, 1.165) is 5.56 Å². The summed E-state index contributed by atoms with van der Waals surface area (Å²) in [4.78, 5) is 45.6. The maximum absolute atomic E-state index is 12.5. The van der Waals surface area contributed by atoms with Gasteiger partial charge >= 0.3 is 11.9 Å². The Morgan fingerprint density at radius 2 is 1.81 bits per heavy atom. The summed E-state index contributed by atoms with van der Waals surface area (Å²) >= 11 is 0. The summed E-state index contributed by atoms with van der Waals surface area (Å²) in [5.74, 6) is -0.554. The van der Waals surface area contributed by atoms with Gasteiger partial charge in [-0.1, -0.05) is 30.3 Å². The highest BCUT2D eigenvalue weighted by Crippen LogP contribution is 2.14. The number of fused-ring (bicyclic) bond motifs is 1. The first-order valence-corrected chi connectivity index (χ1v) is 10.6. The van der Waals surface area contributed by atoms with E-state index in [2.05, 4.69) is 9.88 Å². The molecular formula is C23H25N3O6. The Hall–Kier alpha value is -3.43. The van der Waals surface area contributed by atoms with Gasteiger partial charge in [0.15, 0.2) is 11.4 Å². The highest BCUT2D eigenvalue weighted by Gasteiger charge is 2.21. The number of hydroxylamine groups is 2. The molecule has 2 aromatic carbocycles. The molecule has 0 aliphatic carbocycles. The predicted octanol–water partition coefficient (Wildman–Crippen LogP) is 2.62. The second kappa shape index (κ2) is 10.3. The van der Waals surface area contributed by atoms with Crippen molar-refractivity contribution in [2.45, 2.75) is 12.8 Å². The zero-order valence-corrected chi connectivity index (χ0v) is 17.6. The molecule has 9 nitrogen and oxygen atoms in total. The van der Waals surface area contributed by atoms with Crippen LogP contribution in [-0.4, -0.2) is 66.2 Å². The number of hydrogen-bond donors (Lipinski definition) is 1. The van der Waals surface area contributed by atoms with Gasteiger partial charge in [-0.2, -0.15) is 0 Å². The van der Waals surface area contributed by atoms with Gasteiger partial charge in [0.1, 0.15) is 0 Å². The molecule has 0 radical (unpaired) electrons. The molecule has 1 aliphatic rings. The van der Waals surface area contributed by atoms with Crippen LogP contribution >= 0.6 is 0 Å². The molecule has 1 saturated heterocycles. The highest BCUT2D eigenvalue weighted by molar-refractivity contribution is 5.98. The molecule has 32 heavy (non-hydrogen) atoms. The largest absolute Gasteiger partial charge is 0.527 e. The number of carbonyl (C=O) groups is 2. The SMILES string of the molecule is O=C(OCCc1ccccc1)ON1CCN(CCC(=O)c2ccc3[nH]c(=O)oc3c2)CC1. The second-order valence-electron chi connectivity index (χ2n) is 7.59. The lowest BCUT2D eigenvalue weighted by Gasteiger charge is -2.32. The number of ether oxygens (including phenoxy) is 1. The van der Waals surface area contributed by atoms with E-state index < -0.39 is 11.9 Å². The summed E-state index contributed by atoms with van der Waals surface area (Å²) in [5, 5.41) is 1.59. The van der Waals surface area contributed by atoms with Crippen molar-refractivity contribution in [1.29, 1.82) is 0 Å². The molecule has 9 heteroatoms. The molecule has 0 saturated carbocycles. The van der Waals surface area contributed by atoms with Crippen LogP contribution in [0.1, 0.15) is 22.3 Å². The molecule has 1 aliphatic heterocycles. The Morgan fingerprint density at radius 1 is 1.03 bits per heavy atom. The van der Waals surface area contributed by atoms with E-state index >= 15 is 0 Å². The smallest absolute Gasteiger partial charge is 0.433 e. The van der Waals surface area contributed by atoms with E-state index in [1.165, 1.54) is 0 Å². The quantitative estimate of drug-likeness (QED) is 0.422. The Balaban J connectivity index is 1.15. The summed E-state index contributed by atoms with van der Waals surface area (Å²) in [7, 11) is 0. The fraction of sp³-hybridized carbons (Fsp3) is 0.348. The van der Waals surface area contributed by atoms with Crippen molar-refractivity contribution in [3.05, 3.63) is 70.2 Å². The van der Waals surface area contributed by atoms with E-state index in [-0.39, 0.29) is 12.4 Å². The summed E-state index contributed by atoms with van der Waals surface area (Å²) in [6.07, 6.45) is 0.292. The van der Waals surface area contributed by atoms with Gasteiger partial charge in [0.05, 0.1) is 12.1 Å². The van der Waals surface area contributed by atoms with E-state index in [9.17, 15) is 14.4 Å². The first-order chi connectivity index (χ1) is 15.6. The number of Topliss-reactive ketones (excluding diaryl/α,β-unsaturated/α-hetero) is 1. The predicted molar refractivity (Wildman–Crippen MR) is 116 cm³/mol. The van der Waals surface area contributed by atoms with Crippen molar-refractivity contribution in [3.63, 3.8) is 0 Å². The molecule has 0 amide bonds. The van der Waals surface area contributed by atoms with E-state index in [1.807, 2.05) is 30.3 Å². The third-order valence-electron chi connectivity index (χ3n) is 5.39. The number of benzene rings is 2. The van der Waals surface area contributed by atoms with Gasteiger partial charge in [0.2, 0.25) is 0 Å². The second-order valence-corrected chi connectivity index (χ2v) is 7.59. The number of piperazine rings is 1. The monoisotopic (exact) mass is 439 g/mol. The Labute approximate surface area is 184 Å². The van der Waals surface area contributed by atoms with Crippen LogP contribution in [0, 0.1) is 0 Å². The minimum Gasteiger partial charge on any atom is -0.433 e. The van der Waals surface area contributed by atoms with Crippen LogP contribution in [0.2, 0.25) is 0 Å². The topological polar surface area (TPSA) is 105 Å². The number of H-pyrrole nitrogens is 1. The molecule has 1 fully saturated rings. The van der Waals surface area contributed by atoms with E-state index in [0.29, 0.717) is 62.2 Å². The van der Waals surface area contributed by atoms with Gasteiger partial charge < -0.3 is 18.9 Å². The number of oxazole rings is 1. The van der Waals surface area contributed by atoms with Crippen molar-refractivity contribution in [2.75, 3.05) is 39.3 Å². The van der Waals surface area contributed by atoms with Crippen molar-refractivity contribution in [2.24, 2.45) is 0 Å². The molecule has 0 spiro atoms. The zero-order valence-electron chi connectivity index (χ0n) is 17.6. The van der Waals surface area contributed by atoms with Crippen LogP contribution in [0.5, 0.6) is 0 Å². The number of carbonyl (C=O) groups excluding carboxylic acids is 2. The Morgan fingerprint density at radius 3 is 2.59 bits per heavy atom. The van der Waals surface area contributed by atoms with Gasteiger partial charge in [-0.25, -0.2) is 9.59 Å². The summed E-state index contributed by atoms with van der Waals surface area (Å²) in [6, 6.07) is 14.7. The van der Waals surface area contributed by atoms with Crippen molar-refractivity contribution in [3.8, 4) is 0 Å². The third-order valence-corrected chi connectivity index (χ3v) is 5.39. The van der Waals surface area contributed by atoms with E-state index in [4.69, 9.17) is 14.0 Å². The van der Waals surface area contributed by atoms with Gasteiger partial charge in [-0.3, -0.25) is 9.78 Å². The normalized spacial score (nSPS) is 15.0. The zero-order chi connectivity index (χ0) is 22.3. The number of nitrogens with zero attached hydrogens (tertiary/aromatic N) is 2. The fourth-order valence-electron chi connectivity index (χ4n) is 3.60. The number of rotatable bonds is 8. The molecule has 0 unspecified atom stereocenters. The first-order valence-electron chi connectivity index (χ1n) is 10.6. The van der Waals surface area contributed by atoms with Crippen molar-refractivity contribution in [1.82, 2.24) is 14.9 Å². The molecule has 3 aromatic rings. The average Bonchev–Trinajstić information content (AvgIpc) is 3.18. The number of ketones is 1.